The smallest absolute Gasteiger partial charge is 0.223 e. The lowest BCUT2D eigenvalue weighted by Gasteiger charge is -2.14. The zero-order valence-corrected chi connectivity index (χ0v) is 12.4. The van der Waals surface area contributed by atoms with Gasteiger partial charge in [0.05, 0.1) is 6.54 Å². The molecule has 1 heterocycles. The Hall–Kier alpha value is -0.910. The third-order valence-corrected chi connectivity index (χ3v) is 3.39. The number of aromatic nitrogens is 2. The van der Waals surface area contributed by atoms with Gasteiger partial charge in [-0.05, 0) is 24.6 Å². The fraction of sp³-hybridized carbons (Fsp3) is 0.333. The summed E-state index contributed by atoms with van der Waals surface area (Å²) in [5.41, 5.74) is 1.04. The molecule has 0 saturated carbocycles. The highest BCUT2D eigenvalue weighted by atomic mass is 79.9. The molecule has 1 N–H and O–H groups in total. The molecular weight excluding hydrogens is 318 g/mol. The summed E-state index contributed by atoms with van der Waals surface area (Å²) in [7, 11) is 0. The maximum Gasteiger partial charge on any atom is 0.223 e. The SMILES string of the molecule is Cc1nc(CNC(C)c2ccc(Br)cc2Cl)no1. The molecule has 0 amide bonds. The van der Waals surface area contributed by atoms with Crippen LogP contribution in [0.2, 0.25) is 5.02 Å². The molecular formula is C12H13BrClN3O. The van der Waals surface area contributed by atoms with E-state index in [4.69, 9.17) is 16.1 Å². The number of nitrogens with one attached hydrogen (secondary N) is 1. The maximum absolute atomic E-state index is 6.19. The number of benzene rings is 1. The normalized spacial score (nSPS) is 12.7. The molecule has 0 saturated heterocycles. The zero-order valence-electron chi connectivity index (χ0n) is 10.1. The van der Waals surface area contributed by atoms with E-state index < -0.39 is 0 Å². The molecule has 96 valence electrons. The van der Waals surface area contributed by atoms with Gasteiger partial charge in [0.25, 0.3) is 0 Å². The van der Waals surface area contributed by atoms with Gasteiger partial charge in [0.2, 0.25) is 5.89 Å². The van der Waals surface area contributed by atoms with Crippen LogP contribution in [-0.4, -0.2) is 10.1 Å². The van der Waals surface area contributed by atoms with Gasteiger partial charge in [-0.2, -0.15) is 4.98 Å². The second kappa shape index (κ2) is 5.82. The van der Waals surface area contributed by atoms with Gasteiger partial charge in [0.1, 0.15) is 0 Å². The fourth-order valence-corrected chi connectivity index (χ4v) is 2.46. The van der Waals surface area contributed by atoms with Crippen molar-refractivity contribution in [3.63, 3.8) is 0 Å². The van der Waals surface area contributed by atoms with Crippen molar-refractivity contribution in [1.29, 1.82) is 0 Å². The molecule has 0 radical (unpaired) electrons. The Morgan fingerprint density at radius 1 is 1.50 bits per heavy atom. The number of nitrogens with zero attached hydrogens (tertiary/aromatic N) is 2. The minimum atomic E-state index is 0.115. The van der Waals surface area contributed by atoms with Crippen molar-refractivity contribution in [1.82, 2.24) is 15.5 Å². The summed E-state index contributed by atoms with van der Waals surface area (Å²) in [4.78, 5) is 4.13. The lowest BCUT2D eigenvalue weighted by Crippen LogP contribution is -2.19. The first-order chi connectivity index (χ1) is 8.56. The van der Waals surface area contributed by atoms with Crippen molar-refractivity contribution in [2.24, 2.45) is 0 Å². The summed E-state index contributed by atoms with van der Waals surface area (Å²) in [5, 5.41) is 7.86. The number of halogens is 2. The molecule has 0 aliphatic rings. The molecule has 1 aromatic carbocycles. The van der Waals surface area contributed by atoms with Gasteiger partial charge in [0, 0.05) is 22.5 Å². The lowest BCUT2D eigenvalue weighted by molar-refractivity contribution is 0.384. The van der Waals surface area contributed by atoms with Crippen LogP contribution in [0.15, 0.2) is 27.2 Å². The lowest BCUT2D eigenvalue weighted by atomic mass is 10.1. The number of rotatable bonds is 4. The van der Waals surface area contributed by atoms with Crippen LogP contribution >= 0.6 is 27.5 Å². The zero-order chi connectivity index (χ0) is 13.1. The molecule has 0 spiro atoms. The molecule has 1 unspecified atom stereocenters. The minimum absolute atomic E-state index is 0.115. The first-order valence-corrected chi connectivity index (χ1v) is 6.71. The molecule has 4 nitrogen and oxygen atoms in total. The first-order valence-electron chi connectivity index (χ1n) is 5.54. The highest BCUT2D eigenvalue weighted by molar-refractivity contribution is 9.10. The van der Waals surface area contributed by atoms with Crippen molar-refractivity contribution in [2.75, 3.05) is 0 Å². The summed E-state index contributed by atoms with van der Waals surface area (Å²) in [6, 6.07) is 5.96. The predicted octanol–water partition coefficient (Wildman–Crippen LogP) is 3.64. The summed E-state index contributed by atoms with van der Waals surface area (Å²) >= 11 is 9.58. The summed E-state index contributed by atoms with van der Waals surface area (Å²) in [6.07, 6.45) is 0. The molecule has 1 atom stereocenters. The van der Waals surface area contributed by atoms with Gasteiger partial charge < -0.3 is 9.84 Å². The summed E-state index contributed by atoms with van der Waals surface area (Å²) < 4.78 is 5.88. The van der Waals surface area contributed by atoms with E-state index in [2.05, 4.69) is 31.4 Å². The second-order valence-corrected chi connectivity index (χ2v) is 5.32. The molecule has 6 heteroatoms. The van der Waals surface area contributed by atoms with Crippen LogP contribution in [-0.2, 0) is 6.54 Å². The second-order valence-electron chi connectivity index (χ2n) is 4.00. The van der Waals surface area contributed by atoms with E-state index in [1.807, 2.05) is 25.1 Å². The Morgan fingerprint density at radius 3 is 2.89 bits per heavy atom. The Balaban J connectivity index is 2.01. The van der Waals surface area contributed by atoms with E-state index in [1.54, 1.807) is 6.92 Å². The summed E-state index contributed by atoms with van der Waals surface area (Å²) in [6.45, 7) is 4.36. The van der Waals surface area contributed by atoms with Crippen LogP contribution < -0.4 is 5.32 Å². The topological polar surface area (TPSA) is 51.0 Å². The molecule has 0 aliphatic heterocycles. The number of hydrogen-bond donors (Lipinski definition) is 1. The Labute approximate surface area is 119 Å². The van der Waals surface area contributed by atoms with E-state index >= 15 is 0 Å². The van der Waals surface area contributed by atoms with Gasteiger partial charge in [-0.3, -0.25) is 0 Å². The average molecular weight is 331 g/mol. The Kier molecular flexibility index (Phi) is 4.37. The van der Waals surface area contributed by atoms with E-state index in [-0.39, 0.29) is 6.04 Å². The van der Waals surface area contributed by atoms with Crippen LogP contribution in [0.5, 0.6) is 0 Å². The van der Waals surface area contributed by atoms with Crippen molar-refractivity contribution in [2.45, 2.75) is 26.4 Å². The van der Waals surface area contributed by atoms with Gasteiger partial charge in [0.15, 0.2) is 5.82 Å². The van der Waals surface area contributed by atoms with Crippen LogP contribution in [0.25, 0.3) is 0 Å². The number of aryl methyl sites for hydroxylation is 1. The van der Waals surface area contributed by atoms with Crippen molar-refractivity contribution < 1.29 is 4.52 Å². The molecule has 0 aliphatic carbocycles. The highest BCUT2D eigenvalue weighted by Gasteiger charge is 2.11. The Morgan fingerprint density at radius 2 is 2.28 bits per heavy atom. The van der Waals surface area contributed by atoms with E-state index in [1.165, 1.54) is 0 Å². The molecule has 0 fully saturated rings. The molecule has 1 aromatic heterocycles. The maximum atomic E-state index is 6.19. The Bertz CT molecular complexity index is 544. The standard InChI is InChI=1S/C12H13BrClN3O/c1-7(10-4-3-9(13)5-11(10)14)15-6-12-16-8(2)18-17-12/h3-5,7,15H,6H2,1-2H3. The third kappa shape index (κ3) is 3.31. The van der Waals surface area contributed by atoms with Gasteiger partial charge in [-0.15, -0.1) is 0 Å². The van der Waals surface area contributed by atoms with Crippen LogP contribution in [0.1, 0.15) is 30.2 Å². The van der Waals surface area contributed by atoms with E-state index in [9.17, 15) is 0 Å². The largest absolute Gasteiger partial charge is 0.340 e. The third-order valence-electron chi connectivity index (χ3n) is 2.56. The molecule has 0 bridgehead atoms. The number of hydrogen-bond acceptors (Lipinski definition) is 4. The van der Waals surface area contributed by atoms with Crippen molar-refractivity contribution in [3.05, 3.63) is 45.0 Å². The van der Waals surface area contributed by atoms with Crippen LogP contribution in [0.3, 0.4) is 0 Å². The fourth-order valence-electron chi connectivity index (χ4n) is 1.62. The monoisotopic (exact) mass is 329 g/mol. The first kappa shape index (κ1) is 13.5. The van der Waals surface area contributed by atoms with Gasteiger partial charge in [-0.25, -0.2) is 0 Å². The van der Waals surface area contributed by atoms with Crippen molar-refractivity contribution in [3.8, 4) is 0 Å². The van der Waals surface area contributed by atoms with Gasteiger partial charge in [-0.1, -0.05) is 38.8 Å². The van der Waals surface area contributed by atoms with E-state index in [0.29, 0.717) is 18.3 Å². The minimum Gasteiger partial charge on any atom is -0.340 e. The molecule has 2 rings (SSSR count). The van der Waals surface area contributed by atoms with Crippen molar-refractivity contribution >= 4 is 27.5 Å². The molecule has 18 heavy (non-hydrogen) atoms. The predicted molar refractivity (Wildman–Crippen MR) is 73.4 cm³/mol. The average Bonchev–Trinajstić information content (AvgIpc) is 2.72. The highest BCUT2D eigenvalue weighted by Crippen LogP contribution is 2.26. The van der Waals surface area contributed by atoms with Gasteiger partial charge >= 0.3 is 0 Å². The van der Waals surface area contributed by atoms with E-state index in [0.717, 1.165) is 15.1 Å². The molecule has 2 aromatic rings. The van der Waals surface area contributed by atoms with Crippen LogP contribution in [0, 0.1) is 6.92 Å². The quantitative estimate of drug-likeness (QED) is 0.930. The summed E-state index contributed by atoms with van der Waals surface area (Å²) in [5.74, 6) is 1.22. The van der Waals surface area contributed by atoms with Crippen LogP contribution in [0.4, 0.5) is 0 Å².